The highest BCUT2D eigenvalue weighted by molar-refractivity contribution is 6.39. The van der Waals surface area contributed by atoms with Crippen LogP contribution in [0.3, 0.4) is 0 Å². The van der Waals surface area contributed by atoms with Crippen molar-refractivity contribution in [1.29, 1.82) is 0 Å². The lowest BCUT2D eigenvalue weighted by atomic mass is 9.89. The molecular formula is C33H53N3O5. The summed E-state index contributed by atoms with van der Waals surface area (Å²) in [6.45, 7) is 16.5. The number of fused-ring (bicyclic) bond motifs is 1. The standard InChI is InChI=1S/C33H53N3O5/c1-9-11-17-24(37)29(39)23(14-10-2)34-30(40)28-26-22(33(26,6)7)20-36(28)31(41)27(21-15-12-13-16-21)35(8)25(38)18-19-32(3,4)5/h9,21-23,26-28H,1,10-20H2,2-8H3,(H,34,40). The second kappa shape index (κ2) is 13.2. The van der Waals surface area contributed by atoms with Crippen molar-refractivity contribution >= 4 is 29.3 Å². The minimum Gasteiger partial charge on any atom is -0.344 e. The van der Waals surface area contributed by atoms with E-state index in [1.165, 1.54) is 0 Å². The Hall–Kier alpha value is -2.51. The minimum atomic E-state index is -0.907. The molecule has 8 nitrogen and oxygen atoms in total. The molecule has 5 atom stereocenters. The molecule has 1 N–H and O–H groups in total. The molecule has 0 aromatic heterocycles. The zero-order valence-corrected chi connectivity index (χ0v) is 26.5. The average Bonchev–Trinajstić information content (AvgIpc) is 3.35. The molecule has 0 aromatic rings. The van der Waals surface area contributed by atoms with E-state index < -0.39 is 29.7 Å². The molecule has 3 aliphatic rings. The van der Waals surface area contributed by atoms with Gasteiger partial charge in [-0.25, -0.2) is 0 Å². The zero-order valence-electron chi connectivity index (χ0n) is 26.5. The van der Waals surface area contributed by atoms with Gasteiger partial charge in [0.2, 0.25) is 29.3 Å². The van der Waals surface area contributed by atoms with Crippen LogP contribution in [0.1, 0.15) is 106 Å². The summed E-state index contributed by atoms with van der Waals surface area (Å²) in [5.74, 6) is -1.44. The van der Waals surface area contributed by atoms with Crippen LogP contribution >= 0.6 is 0 Å². The van der Waals surface area contributed by atoms with Crippen LogP contribution in [-0.2, 0) is 24.0 Å². The van der Waals surface area contributed by atoms with E-state index >= 15 is 0 Å². The number of nitrogens with one attached hydrogen (secondary N) is 1. The highest BCUT2D eigenvalue weighted by Gasteiger charge is 2.70. The molecule has 1 aliphatic heterocycles. The first-order chi connectivity index (χ1) is 19.2. The molecule has 1 heterocycles. The monoisotopic (exact) mass is 571 g/mol. The SMILES string of the molecule is C=CCCC(=O)C(=O)C(CCC)NC(=O)C1C2C(CN1C(=O)C(C1CCCC1)N(C)C(=O)CCC(C)(C)C)C2(C)C. The van der Waals surface area contributed by atoms with Gasteiger partial charge in [0.25, 0.3) is 0 Å². The molecule has 8 heteroatoms. The summed E-state index contributed by atoms with van der Waals surface area (Å²) in [7, 11) is 1.74. The number of likely N-dealkylation sites (tertiary alicyclic amines) is 1. The lowest BCUT2D eigenvalue weighted by Crippen LogP contribution is -2.59. The molecule has 3 fully saturated rings. The number of nitrogens with zero attached hydrogens (tertiary/aromatic N) is 2. The molecule has 0 bridgehead atoms. The van der Waals surface area contributed by atoms with Crippen LogP contribution in [0, 0.1) is 28.6 Å². The van der Waals surface area contributed by atoms with Gasteiger partial charge in [-0.05, 0) is 60.7 Å². The predicted molar refractivity (Wildman–Crippen MR) is 160 cm³/mol. The molecule has 230 valence electrons. The number of piperidine rings is 1. The highest BCUT2D eigenvalue weighted by atomic mass is 16.2. The van der Waals surface area contributed by atoms with Crippen molar-refractivity contribution in [2.75, 3.05) is 13.6 Å². The Kier molecular flexibility index (Phi) is 10.6. The number of rotatable bonds is 14. The van der Waals surface area contributed by atoms with Crippen LogP contribution in [0.2, 0.25) is 0 Å². The molecule has 1 saturated heterocycles. The van der Waals surface area contributed by atoms with Crippen LogP contribution in [0.4, 0.5) is 0 Å². The van der Waals surface area contributed by atoms with Gasteiger partial charge < -0.3 is 15.1 Å². The quantitative estimate of drug-likeness (QED) is 0.240. The van der Waals surface area contributed by atoms with E-state index in [1.807, 2.05) is 6.92 Å². The number of amides is 3. The normalized spacial score (nSPS) is 24.8. The number of ketones is 2. The van der Waals surface area contributed by atoms with Gasteiger partial charge in [0, 0.05) is 26.4 Å². The maximum atomic E-state index is 14.4. The van der Waals surface area contributed by atoms with Crippen molar-refractivity contribution in [3.05, 3.63) is 12.7 Å². The number of allylic oxidation sites excluding steroid dienone is 1. The van der Waals surface area contributed by atoms with Gasteiger partial charge in [0.1, 0.15) is 12.1 Å². The van der Waals surface area contributed by atoms with Crippen molar-refractivity contribution < 1.29 is 24.0 Å². The van der Waals surface area contributed by atoms with Gasteiger partial charge in [-0.2, -0.15) is 0 Å². The van der Waals surface area contributed by atoms with Gasteiger partial charge in [-0.3, -0.25) is 24.0 Å². The summed E-state index contributed by atoms with van der Waals surface area (Å²) in [5, 5.41) is 2.88. The third-order valence-corrected chi connectivity index (χ3v) is 9.82. The van der Waals surface area contributed by atoms with E-state index in [0.29, 0.717) is 32.2 Å². The molecule has 3 rings (SSSR count). The fourth-order valence-electron chi connectivity index (χ4n) is 7.12. The van der Waals surface area contributed by atoms with Gasteiger partial charge in [-0.1, -0.05) is 66.9 Å². The maximum Gasteiger partial charge on any atom is 0.246 e. The number of likely N-dealkylation sites (N-methyl/N-ethyl adjacent to an activating group) is 1. The highest BCUT2D eigenvalue weighted by Crippen LogP contribution is 2.65. The number of carbonyl (C=O) groups is 5. The number of Topliss-reactive ketones (excluding diaryl/α,β-unsaturated/α-hetero) is 2. The van der Waals surface area contributed by atoms with Gasteiger partial charge in [0.15, 0.2) is 0 Å². The van der Waals surface area contributed by atoms with E-state index in [9.17, 15) is 24.0 Å². The first-order valence-electron chi connectivity index (χ1n) is 15.7. The second-order valence-corrected chi connectivity index (χ2v) is 14.4. The van der Waals surface area contributed by atoms with Gasteiger partial charge in [0.05, 0.1) is 6.04 Å². The van der Waals surface area contributed by atoms with E-state index in [2.05, 4.69) is 46.5 Å². The summed E-state index contributed by atoms with van der Waals surface area (Å²) in [6, 6.07) is -2.23. The number of hydrogen-bond acceptors (Lipinski definition) is 5. The lowest BCUT2D eigenvalue weighted by Gasteiger charge is -2.38. The van der Waals surface area contributed by atoms with Crippen molar-refractivity contribution in [2.45, 2.75) is 124 Å². The molecule has 3 amide bonds. The Morgan fingerprint density at radius 1 is 1.10 bits per heavy atom. The Morgan fingerprint density at radius 3 is 2.29 bits per heavy atom. The van der Waals surface area contributed by atoms with Crippen LogP contribution in [0.5, 0.6) is 0 Å². The average molecular weight is 572 g/mol. The van der Waals surface area contributed by atoms with Gasteiger partial charge >= 0.3 is 0 Å². The Balaban J connectivity index is 1.84. The predicted octanol–water partition coefficient (Wildman–Crippen LogP) is 4.70. The molecule has 5 unspecified atom stereocenters. The second-order valence-electron chi connectivity index (χ2n) is 14.4. The Bertz CT molecular complexity index is 1020. The fourth-order valence-corrected chi connectivity index (χ4v) is 7.12. The largest absolute Gasteiger partial charge is 0.344 e. The van der Waals surface area contributed by atoms with Crippen molar-refractivity contribution in [3.63, 3.8) is 0 Å². The topological polar surface area (TPSA) is 104 Å². The smallest absolute Gasteiger partial charge is 0.246 e. The van der Waals surface area contributed by atoms with Crippen molar-refractivity contribution in [2.24, 2.45) is 28.6 Å². The summed E-state index contributed by atoms with van der Waals surface area (Å²) in [6.07, 6.45) is 8.00. The fraction of sp³-hybridized carbons (Fsp3) is 0.788. The van der Waals surface area contributed by atoms with E-state index in [0.717, 1.165) is 32.1 Å². The summed E-state index contributed by atoms with van der Waals surface area (Å²) in [5.41, 5.74) is -0.0893. The first kappa shape index (κ1) is 33.0. The molecule has 2 saturated carbocycles. The first-order valence-corrected chi connectivity index (χ1v) is 15.7. The molecule has 0 aromatic carbocycles. The molecule has 0 radical (unpaired) electrons. The number of hydrogen-bond donors (Lipinski definition) is 1. The molecule has 0 spiro atoms. The Labute approximate surface area is 247 Å². The van der Waals surface area contributed by atoms with Crippen LogP contribution < -0.4 is 5.32 Å². The van der Waals surface area contributed by atoms with Crippen LogP contribution in [-0.4, -0.2) is 70.8 Å². The third kappa shape index (κ3) is 7.47. The molecular weight excluding hydrogens is 518 g/mol. The Morgan fingerprint density at radius 2 is 1.73 bits per heavy atom. The maximum absolute atomic E-state index is 14.4. The minimum absolute atomic E-state index is 0.00783. The summed E-state index contributed by atoms with van der Waals surface area (Å²) >= 11 is 0. The van der Waals surface area contributed by atoms with Crippen LogP contribution in [0.15, 0.2) is 12.7 Å². The summed E-state index contributed by atoms with van der Waals surface area (Å²) in [4.78, 5) is 70.4. The van der Waals surface area contributed by atoms with Crippen LogP contribution in [0.25, 0.3) is 0 Å². The lowest BCUT2D eigenvalue weighted by molar-refractivity contribution is -0.151. The number of carbonyl (C=O) groups excluding carboxylic acids is 5. The van der Waals surface area contributed by atoms with Gasteiger partial charge in [-0.15, -0.1) is 6.58 Å². The summed E-state index contributed by atoms with van der Waals surface area (Å²) < 4.78 is 0. The van der Waals surface area contributed by atoms with E-state index in [4.69, 9.17) is 0 Å². The molecule has 41 heavy (non-hydrogen) atoms. The van der Waals surface area contributed by atoms with E-state index in [-0.39, 0.29) is 52.7 Å². The third-order valence-electron chi connectivity index (χ3n) is 9.82. The van der Waals surface area contributed by atoms with Crippen molar-refractivity contribution in [3.8, 4) is 0 Å². The van der Waals surface area contributed by atoms with E-state index in [1.54, 1.807) is 22.9 Å². The van der Waals surface area contributed by atoms with Crippen molar-refractivity contribution in [1.82, 2.24) is 15.1 Å². The zero-order chi connectivity index (χ0) is 30.7. The molecule has 2 aliphatic carbocycles.